The average molecular weight is 299 g/mol. The average Bonchev–Trinajstić information content (AvgIpc) is 2.99. The van der Waals surface area contributed by atoms with Crippen LogP contribution in [0.25, 0.3) is 0 Å². The monoisotopic (exact) mass is 299 g/mol. The van der Waals surface area contributed by atoms with Crippen molar-refractivity contribution in [1.82, 2.24) is 4.90 Å². The van der Waals surface area contributed by atoms with Gasteiger partial charge in [0, 0.05) is 17.8 Å². The van der Waals surface area contributed by atoms with Gasteiger partial charge in [0.05, 0.1) is 6.54 Å². The SMILES string of the molecule is C=CCN(Cc1cccs1)C(=O)CCc1ccc(C)cc1. The highest BCUT2D eigenvalue weighted by atomic mass is 32.1. The van der Waals surface area contributed by atoms with Crippen molar-refractivity contribution in [2.24, 2.45) is 0 Å². The number of benzene rings is 1. The van der Waals surface area contributed by atoms with E-state index in [-0.39, 0.29) is 5.91 Å². The van der Waals surface area contributed by atoms with Gasteiger partial charge in [0.1, 0.15) is 0 Å². The summed E-state index contributed by atoms with van der Waals surface area (Å²) < 4.78 is 0. The van der Waals surface area contributed by atoms with Gasteiger partial charge in [-0.2, -0.15) is 0 Å². The van der Waals surface area contributed by atoms with Crippen molar-refractivity contribution in [3.05, 3.63) is 70.4 Å². The summed E-state index contributed by atoms with van der Waals surface area (Å²) in [4.78, 5) is 15.5. The predicted molar refractivity (Wildman–Crippen MR) is 89.4 cm³/mol. The van der Waals surface area contributed by atoms with E-state index in [2.05, 4.69) is 43.8 Å². The smallest absolute Gasteiger partial charge is 0.223 e. The van der Waals surface area contributed by atoms with E-state index in [4.69, 9.17) is 0 Å². The molecule has 0 spiro atoms. The molecule has 1 aromatic carbocycles. The Morgan fingerprint density at radius 1 is 1.29 bits per heavy atom. The van der Waals surface area contributed by atoms with Gasteiger partial charge in [0.25, 0.3) is 0 Å². The van der Waals surface area contributed by atoms with Gasteiger partial charge in [0.15, 0.2) is 0 Å². The largest absolute Gasteiger partial charge is 0.334 e. The highest BCUT2D eigenvalue weighted by Crippen LogP contribution is 2.14. The Labute approximate surface area is 130 Å². The van der Waals surface area contributed by atoms with E-state index < -0.39 is 0 Å². The van der Waals surface area contributed by atoms with Crippen LogP contribution < -0.4 is 0 Å². The number of aryl methyl sites for hydroxylation is 2. The summed E-state index contributed by atoms with van der Waals surface area (Å²) in [7, 11) is 0. The Bertz CT molecular complexity index is 572. The van der Waals surface area contributed by atoms with Crippen molar-refractivity contribution in [3.8, 4) is 0 Å². The first-order valence-electron chi connectivity index (χ1n) is 7.15. The van der Waals surface area contributed by atoms with Crippen molar-refractivity contribution in [3.63, 3.8) is 0 Å². The molecular weight excluding hydrogens is 278 g/mol. The summed E-state index contributed by atoms with van der Waals surface area (Å²) in [5.74, 6) is 0.184. The summed E-state index contributed by atoms with van der Waals surface area (Å²) in [5, 5.41) is 2.04. The maximum Gasteiger partial charge on any atom is 0.223 e. The second-order valence-corrected chi connectivity index (χ2v) is 6.16. The van der Waals surface area contributed by atoms with Crippen LogP contribution in [0.15, 0.2) is 54.4 Å². The topological polar surface area (TPSA) is 20.3 Å². The Morgan fingerprint density at radius 2 is 2.05 bits per heavy atom. The molecule has 1 aromatic heterocycles. The lowest BCUT2D eigenvalue weighted by Crippen LogP contribution is -2.30. The van der Waals surface area contributed by atoms with E-state index in [9.17, 15) is 4.79 Å². The maximum absolute atomic E-state index is 12.4. The third-order valence-electron chi connectivity index (χ3n) is 3.38. The molecule has 0 fully saturated rings. The number of rotatable bonds is 7. The quantitative estimate of drug-likeness (QED) is 0.702. The minimum absolute atomic E-state index is 0.184. The zero-order valence-corrected chi connectivity index (χ0v) is 13.2. The molecule has 110 valence electrons. The minimum atomic E-state index is 0.184. The van der Waals surface area contributed by atoms with Gasteiger partial charge < -0.3 is 4.90 Å². The zero-order chi connectivity index (χ0) is 15.1. The number of carbonyl (C=O) groups excluding carboxylic acids is 1. The zero-order valence-electron chi connectivity index (χ0n) is 12.4. The van der Waals surface area contributed by atoms with E-state index in [0.29, 0.717) is 19.5 Å². The molecule has 2 rings (SSSR count). The number of nitrogens with zero attached hydrogens (tertiary/aromatic N) is 1. The third kappa shape index (κ3) is 4.87. The molecular formula is C18H21NOS. The molecule has 0 saturated heterocycles. The minimum Gasteiger partial charge on any atom is -0.334 e. The first-order chi connectivity index (χ1) is 10.2. The molecule has 0 bridgehead atoms. The van der Waals surface area contributed by atoms with E-state index in [0.717, 1.165) is 6.42 Å². The lowest BCUT2D eigenvalue weighted by atomic mass is 10.1. The van der Waals surface area contributed by atoms with Crippen LogP contribution in [-0.2, 0) is 17.8 Å². The van der Waals surface area contributed by atoms with Crippen LogP contribution in [0.5, 0.6) is 0 Å². The molecule has 0 unspecified atom stereocenters. The normalized spacial score (nSPS) is 10.3. The lowest BCUT2D eigenvalue weighted by Gasteiger charge is -2.20. The molecule has 2 nitrogen and oxygen atoms in total. The summed E-state index contributed by atoms with van der Waals surface area (Å²) >= 11 is 1.68. The molecule has 0 aliphatic carbocycles. The summed E-state index contributed by atoms with van der Waals surface area (Å²) in [6, 6.07) is 12.5. The Hall–Kier alpha value is -1.87. The van der Waals surface area contributed by atoms with Crippen molar-refractivity contribution in [2.45, 2.75) is 26.3 Å². The Morgan fingerprint density at radius 3 is 2.67 bits per heavy atom. The van der Waals surface area contributed by atoms with Crippen LogP contribution >= 0.6 is 11.3 Å². The van der Waals surface area contributed by atoms with Crippen molar-refractivity contribution in [2.75, 3.05) is 6.54 Å². The number of hydrogen-bond donors (Lipinski definition) is 0. The lowest BCUT2D eigenvalue weighted by molar-refractivity contribution is -0.131. The van der Waals surface area contributed by atoms with Gasteiger partial charge in [0.2, 0.25) is 5.91 Å². The number of hydrogen-bond acceptors (Lipinski definition) is 2. The Kier molecular flexibility index (Phi) is 5.76. The third-order valence-corrected chi connectivity index (χ3v) is 4.24. The summed E-state index contributed by atoms with van der Waals surface area (Å²) in [6.07, 6.45) is 3.12. The van der Waals surface area contributed by atoms with Gasteiger partial charge in [-0.25, -0.2) is 0 Å². The van der Waals surface area contributed by atoms with Crippen LogP contribution in [-0.4, -0.2) is 17.4 Å². The molecule has 1 heterocycles. The Balaban J connectivity index is 1.91. The number of thiophene rings is 1. The molecule has 21 heavy (non-hydrogen) atoms. The van der Waals surface area contributed by atoms with E-state index in [1.165, 1.54) is 16.0 Å². The van der Waals surface area contributed by atoms with E-state index >= 15 is 0 Å². The molecule has 2 aromatic rings. The predicted octanol–water partition coefficient (Wildman–Crippen LogP) is 4.20. The fraction of sp³-hybridized carbons (Fsp3) is 0.278. The molecule has 0 aliphatic heterocycles. The maximum atomic E-state index is 12.4. The second kappa shape index (κ2) is 7.79. The van der Waals surface area contributed by atoms with Crippen LogP contribution in [0.1, 0.15) is 22.4 Å². The highest BCUT2D eigenvalue weighted by Gasteiger charge is 2.13. The molecule has 0 atom stereocenters. The molecule has 1 amide bonds. The van der Waals surface area contributed by atoms with Crippen molar-refractivity contribution in [1.29, 1.82) is 0 Å². The van der Waals surface area contributed by atoms with Crippen molar-refractivity contribution < 1.29 is 4.79 Å². The van der Waals surface area contributed by atoms with Crippen LogP contribution in [0.2, 0.25) is 0 Å². The number of amides is 1. The van der Waals surface area contributed by atoms with Crippen LogP contribution in [0.4, 0.5) is 0 Å². The number of carbonyl (C=O) groups is 1. The first kappa shape index (κ1) is 15.5. The standard InChI is InChI=1S/C18H21NOS/c1-3-12-19(14-17-5-4-13-21-17)18(20)11-10-16-8-6-15(2)7-9-16/h3-9,13H,1,10-12,14H2,2H3. The molecule has 0 aliphatic rings. The molecule has 0 radical (unpaired) electrons. The molecule has 3 heteroatoms. The fourth-order valence-corrected chi connectivity index (χ4v) is 2.88. The van der Waals surface area contributed by atoms with Gasteiger partial charge in [-0.3, -0.25) is 4.79 Å². The molecule has 0 N–H and O–H groups in total. The second-order valence-electron chi connectivity index (χ2n) is 5.13. The van der Waals surface area contributed by atoms with E-state index in [1.54, 1.807) is 17.4 Å². The molecule has 0 saturated carbocycles. The van der Waals surface area contributed by atoms with E-state index in [1.807, 2.05) is 16.3 Å². The van der Waals surface area contributed by atoms with Crippen LogP contribution in [0.3, 0.4) is 0 Å². The first-order valence-corrected chi connectivity index (χ1v) is 8.03. The van der Waals surface area contributed by atoms with Gasteiger partial charge >= 0.3 is 0 Å². The van der Waals surface area contributed by atoms with Gasteiger partial charge in [-0.1, -0.05) is 42.0 Å². The highest BCUT2D eigenvalue weighted by molar-refractivity contribution is 7.09. The summed E-state index contributed by atoms with van der Waals surface area (Å²) in [6.45, 7) is 7.10. The summed E-state index contributed by atoms with van der Waals surface area (Å²) in [5.41, 5.74) is 2.46. The van der Waals surface area contributed by atoms with Gasteiger partial charge in [-0.05, 0) is 30.4 Å². The fourth-order valence-electron chi connectivity index (χ4n) is 2.17. The van der Waals surface area contributed by atoms with Crippen LogP contribution in [0, 0.1) is 6.92 Å². The van der Waals surface area contributed by atoms with Gasteiger partial charge in [-0.15, -0.1) is 17.9 Å². The van der Waals surface area contributed by atoms with Crippen molar-refractivity contribution >= 4 is 17.2 Å².